The van der Waals surface area contributed by atoms with Crippen LogP contribution < -0.4 is 10.6 Å². The maximum absolute atomic E-state index is 10.8. The molecule has 3 N–H and O–H groups in total. The van der Waals surface area contributed by atoms with E-state index in [1.807, 2.05) is 13.8 Å². The zero-order chi connectivity index (χ0) is 11.2. The van der Waals surface area contributed by atoms with Crippen molar-refractivity contribution in [2.45, 2.75) is 32.4 Å². The Labute approximate surface area is 86.8 Å². The van der Waals surface area contributed by atoms with E-state index in [9.17, 15) is 14.7 Å². The molecular weight excluding hydrogens is 198 g/mol. The summed E-state index contributed by atoms with van der Waals surface area (Å²) >= 11 is 0. The Balaban J connectivity index is 2.07. The zero-order valence-electron chi connectivity index (χ0n) is 8.57. The molecule has 0 aromatic heterocycles. The number of rotatable bonds is 1. The summed E-state index contributed by atoms with van der Waals surface area (Å²) < 4.78 is 0. The van der Waals surface area contributed by atoms with Gasteiger partial charge in [-0.3, -0.25) is 20.2 Å². The molecule has 0 aromatic carbocycles. The summed E-state index contributed by atoms with van der Waals surface area (Å²) in [5.74, 6) is -1.19. The summed E-state index contributed by atoms with van der Waals surface area (Å²) in [5, 5.41) is 14.1. The van der Waals surface area contributed by atoms with Crippen LogP contribution in [0.5, 0.6) is 0 Å². The molecule has 1 aliphatic carbocycles. The third-order valence-electron chi connectivity index (χ3n) is 3.12. The fourth-order valence-electron chi connectivity index (χ4n) is 1.68. The normalized spacial score (nSPS) is 33.1. The molecule has 1 heterocycles. The monoisotopic (exact) mass is 211 g/mol. The Morgan fingerprint density at radius 1 is 1.33 bits per heavy atom. The fraction of sp³-hybridized carbons (Fsp3) is 0.667. The third-order valence-corrected chi connectivity index (χ3v) is 3.12. The average Bonchev–Trinajstić information content (AvgIpc) is 2.46. The highest BCUT2D eigenvalue weighted by atomic mass is 16.3. The lowest BCUT2D eigenvalue weighted by Crippen LogP contribution is -2.53. The first-order valence-electron chi connectivity index (χ1n) is 4.79. The third kappa shape index (κ3) is 1.50. The molecule has 1 saturated heterocycles. The Kier molecular flexibility index (Phi) is 2.04. The number of aliphatic imine (C=N–C) groups is 1. The van der Waals surface area contributed by atoms with Crippen LogP contribution in [0.1, 0.15) is 20.3 Å². The van der Waals surface area contributed by atoms with E-state index >= 15 is 0 Å². The van der Waals surface area contributed by atoms with Crippen molar-refractivity contribution >= 4 is 17.8 Å². The van der Waals surface area contributed by atoms with Gasteiger partial charge in [0.05, 0.1) is 12.1 Å². The van der Waals surface area contributed by atoms with Gasteiger partial charge >= 0.3 is 11.8 Å². The Morgan fingerprint density at radius 2 is 1.87 bits per heavy atom. The van der Waals surface area contributed by atoms with Crippen LogP contribution in [0, 0.1) is 5.41 Å². The number of carbonyl (C=O) groups is 2. The highest BCUT2D eigenvalue weighted by Gasteiger charge is 2.48. The average molecular weight is 211 g/mol. The molecule has 6 heteroatoms. The van der Waals surface area contributed by atoms with Gasteiger partial charge in [0.15, 0.2) is 0 Å². The van der Waals surface area contributed by atoms with Crippen LogP contribution in [0.3, 0.4) is 0 Å². The van der Waals surface area contributed by atoms with E-state index in [0.29, 0.717) is 6.42 Å². The lowest BCUT2D eigenvalue weighted by Gasteiger charge is -2.46. The van der Waals surface area contributed by atoms with Gasteiger partial charge in [-0.2, -0.15) is 0 Å². The van der Waals surface area contributed by atoms with Crippen LogP contribution in [-0.4, -0.2) is 35.0 Å². The maximum Gasteiger partial charge on any atom is 0.316 e. The van der Waals surface area contributed by atoms with Gasteiger partial charge in [-0.1, -0.05) is 13.8 Å². The first kappa shape index (κ1) is 10.1. The summed E-state index contributed by atoms with van der Waals surface area (Å²) in [6.45, 7) is 3.79. The Hall–Kier alpha value is -1.43. The topological polar surface area (TPSA) is 90.8 Å². The van der Waals surface area contributed by atoms with Gasteiger partial charge in [-0.25, -0.2) is 4.99 Å². The van der Waals surface area contributed by atoms with Crippen molar-refractivity contribution in [2.24, 2.45) is 10.4 Å². The first-order valence-corrected chi connectivity index (χ1v) is 4.79. The van der Waals surface area contributed by atoms with E-state index < -0.39 is 11.8 Å². The summed E-state index contributed by atoms with van der Waals surface area (Å²) in [6.07, 6.45) is 0.182. The van der Waals surface area contributed by atoms with E-state index in [2.05, 4.69) is 15.6 Å². The summed E-state index contributed by atoms with van der Waals surface area (Å²) in [5.41, 5.74) is -0.301. The van der Waals surface area contributed by atoms with Crippen molar-refractivity contribution in [3.63, 3.8) is 0 Å². The van der Waals surface area contributed by atoms with E-state index in [1.54, 1.807) is 0 Å². The predicted octanol–water partition coefficient (Wildman–Crippen LogP) is -1.25. The Morgan fingerprint density at radius 3 is 2.27 bits per heavy atom. The largest absolute Gasteiger partial charge is 0.392 e. The van der Waals surface area contributed by atoms with Gasteiger partial charge in [0.2, 0.25) is 5.96 Å². The quantitative estimate of drug-likeness (QED) is 0.473. The van der Waals surface area contributed by atoms with E-state index in [0.717, 1.165) is 0 Å². The number of aliphatic hydroxyl groups excluding tert-OH is 1. The number of hydrogen-bond acceptors (Lipinski definition) is 4. The van der Waals surface area contributed by atoms with Gasteiger partial charge in [-0.15, -0.1) is 0 Å². The van der Waals surface area contributed by atoms with Crippen LogP contribution >= 0.6 is 0 Å². The number of amides is 2. The molecule has 15 heavy (non-hydrogen) atoms. The SMILES string of the molecule is CC1(C)C(O)CC1N=C1NC(=O)C(=O)N1. The first-order chi connectivity index (χ1) is 6.91. The molecule has 2 rings (SSSR count). The predicted molar refractivity (Wildman–Crippen MR) is 51.9 cm³/mol. The lowest BCUT2D eigenvalue weighted by atomic mass is 9.65. The number of guanidine groups is 1. The molecule has 2 amide bonds. The van der Waals surface area contributed by atoms with E-state index in [4.69, 9.17) is 0 Å². The van der Waals surface area contributed by atoms with Crippen molar-refractivity contribution in [1.29, 1.82) is 0 Å². The van der Waals surface area contributed by atoms with Gasteiger partial charge in [0.25, 0.3) is 0 Å². The molecule has 0 spiro atoms. The molecule has 0 radical (unpaired) electrons. The highest BCUT2D eigenvalue weighted by Crippen LogP contribution is 2.42. The molecule has 2 unspecified atom stereocenters. The van der Waals surface area contributed by atoms with Crippen LogP contribution in [0.15, 0.2) is 4.99 Å². The molecule has 0 bridgehead atoms. The van der Waals surface area contributed by atoms with Gasteiger partial charge in [0, 0.05) is 5.41 Å². The standard InChI is InChI=1S/C9H13N3O3/c1-9(2)4(3-5(9)13)10-8-11-6(14)7(15)12-8/h4-5,13H,3H2,1-2H3,(H2,10,11,12,14,15). The molecule has 82 valence electrons. The maximum atomic E-state index is 10.8. The zero-order valence-corrected chi connectivity index (χ0v) is 8.57. The molecule has 1 saturated carbocycles. The second kappa shape index (κ2) is 3.03. The molecule has 1 aliphatic heterocycles. The number of nitrogens with zero attached hydrogens (tertiary/aromatic N) is 1. The van der Waals surface area contributed by atoms with E-state index in [-0.39, 0.29) is 23.5 Å². The lowest BCUT2D eigenvalue weighted by molar-refractivity contribution is -0.135. The number of carbonyl (C=O) groups excluding carboxylic acids is 2. The smallest absolute Gasteiger partial charge is 0.316 e. The highest BCUT2D eigenvalue weighted by molar-refractivity contribution is 6.45. The van der Waals surface area contributed by atoms with Crippen LogP contribution in [-0.2, 0) is 9.59 Å². The molecular formula is C9H13N3O3. The molecule has 2 atom stereocenters. The van der Waals surface area contributed by atoms with Gasteiger partial charge < -0.3 is 5.11 Å². The Bertz CT molecular complexity index is 344. The van der Waals surface area contributed by atoms with Crippen molar-refractivity contribution in [3.05, 3.63) is 0 Å². The second-order valence-corrected chi connectivity index (χ2v) is 4.47. The summed E-state index contributed by atoms with van der Waals surface area (Å²) in [6, 6.07) is -0.0683. The van der Waals surface area contributed by atoms with Crippen LogP contribution in [0.4, 0.5) is 0 Å². The fourth-order valence-corrected chi connectivity index (χ4v) is 1.68. The molecule has 2 fully saturated rings. The molecule has 2 aliphatic rings. The van der Waals surface area contributed by atoms with Crippen molar-refractivity contribution < 1.29 is 14.7 Å². The minimum Gasteiger partial charge on any atom is -0.392 e. The number of aliphatic hydroxyl groups is 1. The van der Waals surface area contributed by atoms with Crippen molar-refractivity contribution in [2.75, 3.05) is 0 Å². The van der Waals surface area contributed by atoms with Crippen molar-refractivity contribution in [3.8, 4) is 0 Å². The van der Waals surface area contributed by atoms with Gasteiger partial charge in [-0.05, 0) is 6.42 Å². The second-order valence-electron chi connectivity index (χ2n) is 4.47. The summed E-state index contributed by atoms with van der Waals surface area (Å²) in [4.78, 5) is 25.9. The number of hydrogen-bond donors (Lipinski definition) is 3. The minimum absolute atomic E-state index is 0.0683. The van der Waals surface area contributed by atoms with Crippen molar-refractivity contribution in [1.82, 2.24) is 10.6 Å². The molecule has 0 aromatic rings. The minimum atomic E-state index is -0.688. The molecule has 6 nitrogen and oxygen atoms in total. The van der Waals surface area contributed by atoms with E-state index in [1.165, 1.54) is 0 Å². The van der Waals surface area contributed by atoms with Gasteiger partial charge in [0.1, 0.15) is 0 Å². The number of nitrogens with one attached hydrogen (secondary N) is 2. The van der Waals surface area contributed by atoms with Crippen LogP contribution in [0.25, 0.3) is 0 Å². The van der Waals surface area contributed by atoms with Crippen LogP contribution in [0.2, 0.25) is 0 Å². The summed E-state index contributed by atoms with van der Waals surface area (Å²) in [7, 11) is 0.